The summed E-state index contributed by atoms with van der Waals surface area (Å²) in [5.41, 5.74) is 0.681. The summed E-state index contributed by atoms with van der Waals surface area (Å²) in [6.07, 6.45) is 1.33. The number of oxime groups is 1. The Hall–Kier alpha value is -1.43. The minimum Gasteiger partial charge on any atom is -0.392 e. The van der Waals surface area contributed by atoms with E-state index in [0.717, 1.165) is 0 Å². The van der Waals surface area contributed by atoms with E-state index in [4.69, 9.17) is 25.9 Å². The fourth-order valence-electron chi connectivity index (χ4n) is 1.60. The maximum absolute atomic E-state index is 10.8. The van der Waals surface area contributed by atoms with Gasteiger partial charge in [0.2, 0.25) is 0 Å². The van der Waals surface area contributed by atoms with Gasteiger partial charge in [-0.3, -0.25) is 4.79 Å². The maximum Gasteiger partial charge on any atom is 0.257 e. The van der Waals surface area contributed by atoms with Crippen LogP contribution in [0.5, 0.6) is 0 Å². The van der Waals surface area contributed by atoms with Gasteiger partial charge in [0, 0.05) is 10.6 Å². The molecule has 5 nitrogen and oxygen atoms in total. The van der Waals surface area contributed by atoms with Crippen molar-refractivity contribution in [2.45, 2.75) is 19.3 Å². The fourth-order valence-corrected chi connectivity index (χ4v) is 1.73. The molecule has 2 atom stereocenters. The second-order valence-corrected chi connectivity index (χ2v) is 4.44. The summed E-state index contributed by atoms with van der Waals surface area (Å²) in [6, 6.07) is 6.68. The highest BCUT2D eigenvalue weighted by Crippen LogP contribution is 2.12. The van der Waals surface area contributed by atoms with Gasteiger partial charge in [0.05, 0.1) is 6.61 Å². The van der Waals surface area contributed by atoms with Crippen LogP contribution >= 0.6 is 11.6 Å². The maximum atomic E-state index is 10.8. The van der Waals surface area contributed by atoms with Gasteiger partial charge in [-0.1, -0.05) is 28.9 Å². The highest BCUT2D eigenvalue weighted by molar-refractivity contribution is 6.36. The Kier molecular flexibility index (Phi) is 4.90. The Balaban J connectivity index is 1.92. The molecule has 19 heavy (non-hydrogen) atoms. The Morgan fingerprint density at radius 2 is 2.26 bits per heavy atom. The molecule has 0 spiro atoms. The monoisotopic (exact) mass is 282 g/mol. The number of hydrogen-bond acceptors (Lipinski definition) is 5. The van der Waals surface area contributed by atoms with E-state index in [9.17, 15) is 4.79 Å². The molecule has 0 N–H and O–H groups in total. The van der Waals surface area contributed by atoms with Gasteiger partial charge in [0.25, 0.3) is 6.29 Å². The minimum absolute atomic E-state index is 0.0867. The average Bonchev–Trinajstić information content (AvgIpc) is 2.82. The number of hydrogen-bond donors (Lipinski definition) is 0. The standard InChI is InChI=1S/C13H13ClNO4/c1-9-17-7-12(19-9)8-18-15-13(6-16)10-2-4-11(14)5-3-10/h2-5,9,12H,7-8H2,1H3. The summed E-state index contributed by atoms with van der Waals surface area (Å²) in [4.78, 5) is 15.9. The van der Waals surface area contributed by atoms with Crippen LogP contribution in [0.3, 0.4) is 0 Å². The summed E-state index contributed by atoms with van der Waals surface area (Å²) in [5.74, 6) is 0. The Morgan fingerprint density at radius 3 is 2.84 bits per heavy atom. The van der Waals surface area contributed by atoms with Crippen molar-refractivity contribution in [1.82, 2.24) is 0 Å². The lowest BCUT2D eigenvalue weighted by molar-refractivity contribution is -0.0578. The van der Waals surface area contributed by atoms with E-state index in [1.54, 1.807) is 30.6 Å². The first kappa shape index (κ1) is 14.0. The third-order valence-corrected chi connectivity index (χ3v) is 2.78. The molecular formula is C13H13ClNO4. The average molecular weight is 283 g/mol. The van der Waals surface area contributed by atoms with E-state index in [1.807, 2.05) is 6.92 Å². The van der Waals surface area contributed by atoms with Gasteiger partial charge in [0.15, 0.2) is 12.0 Å². The lowest BCUT2D eigenvalue weighted by Crippen LogP contribution is -2.17. The molecule has 0 saturated carbocycles. The van der Waals surface area contributed by atoms with Crippen LogP contribution in [0, 0.1) is 0 Å². The van der Waals surface area contributed by atoms with E-state index >= 15 is 0 Å². The van der Waals surface area contributed by atoms with Gasteiger partial charge in [-0.15, -0.1) is 0 Å². The molecule has 0 bridgehead atoms. The van der Waals surface area contributed by atoms with Crippen LogP contribution in [-0.2, 0) is 19.1 Å². The molecule has 1 radical (unpaired) electrons. The molecule has 1 aromatic rings. The van der Waals surface area contributed by atoms with E-state index in [1.165, 1.54) is 0 Å². The molecule has 0 aromatic heterocycles. The molecule has 2 rings (SSSR count). The zero-order chi connectivity index (χ0) is 13.7. The van der Waals surface area contributed by atoms with Crippen LogP contribution in [0.25, 0.3) is 0 Å². The predicted molar refractivity (Wildman–Crippen MR) is 69.9 cm³/mol. The number of carbonyl (C=O) groups excluding carboxylic acids is 1. The highest BCUT2D eigenvalue weighted by Gasteiger charge is 2.22. The summed E-state index contributed by atoms with van der Waals surface area (Å²) in [7, 11) is 0. The molecule has 0 aliphatic carbocycles. The molecule has 1 heterocycles. The topological polar surface area (TPSA) is 57.1 Å². The number of halogens is 1. The summed E-state index contributed by atoms with van der Waals surface area (Å²) in [5, 5.41) is 4.33. The minimum atomic E-state index is -0.231. The second-order valence-electron chi connectivity index (χ2n) is 4.00. The van der Waals surface area contributed by atoms with Crippen LogP contribution in [0.4, 0.5) is 0 Å². The van der Waals surface area contributed by atoms with Gasteiger partial charge in [-0.2, -0.15) is 0 Å². The molecular weight excluding hydrogens is 270 g/mol. The number of rotatable bonds is 5. The van der Waals surface area contributed by atoms with Crippen molar-refractivity contribution in [2.75, 3.05) is 13.2 Å². The normalized spacial score (nSPS) is 23.4. The zero-order valence-electron chi connectivity index (χ0n) is 10.3. The lowest BCUT2D eigenvalue weighted by atomic mass is 10.1. The number of ether oxygens (including phenoxy) is 2. The van der Waals surface area contributed by atoms with Crippen molar-refractivity contribution < 1.29 is 19.1 Å². The smallest absolute Gasteiger partial charge is 0.257 e. The molecule has 1 saturated heterocycles. The van der Waals surface area contributed by atoms with Crippen LogP contribution in [-0.4, -0.2) is 37.6 Å². The fraction of sp³-hybridized carbons (Fsp3) is 0.385. The molecule has 6 heteroatoms. The predicted octanol–water partition coefficient (Wildman–Crippen LogP) is 1.93. The van der Waals surface area contributed by atoms with Crippen molar-refractivity contribution in [1.29, 1.82) is 0 Å². The van der Waals surface area contributed by atoms with Gasteiger partial charge < -0.3 is 14.3 Å². The third-order valence-electron chi connectivity index (χ3n) is 2.53. The summed E-state index contributed by atoms with van der Waals surface area (Å²) >= 11 is 5.76. The van der Waals surface area contributed by atoms with Crippen molar-refractivity contribution in [3.05, 3.63) is 34.9 Å². The molecule has 1 aliphatic heterocycles. The van der Waals surface area contributed by atoms with E-state index in [0.29, 0.717) is 17.2 Å². The van der Waals surface area contributed by atoms with Crippen LogP contribution in [0.15, 0.2) is 29.4 Å². The van der Waals surface area contributed by atoms with Crippen molar-refractivity contribution in [2.24, 2.45) is 5.16 Å². The van der Waals surface area contributed by atoms with E-state index < -0.39 is 0 Å². The molecule has 1 aromatic carbocycles. The van der Waals surface area contributed by atoms with Crippen molar-refractivity contribution in [3.63, 3.8) is 0 Å². The molecule has 1 aliphatic rings. The Bertz CT molecular complexity index is 460. The molecule has 1 fully saturated rings. The third kappa shape index (κ3) is 4.02. The molecule has 101 valence electrons. The van der Waals surface area contributed by atoms with Gasteiger partial charge in [-0.05, 0) is 19.1 Å². The number of benzene rings is 1. The van der Waals surface area contributed by atoms with Crippen LogP contribution in [0.2, 0.25) is 5.02 Å². The SMILES string of the molecule is CC1OCC(CON=C([C]=O)c2ccc(Cl)cc2)O1. The van der Waals surface area contributed by atoms with Crippen LogP contribution < -0.4 is 0 Å². The lowest BCUT2D eigenvalue weighted by Gasteiger charge is -2.07. The molecule has 2 unspecified atom stereocenters. The Morgan fingerprint density at radius 1 is 1.53 bits per heavy atom. The first-order valence-electron chi connectivity index (χ1n) is 5.80. The van der Waals surface area contributed by atoms with Crippen molar-refractivity contribution in [3.8, 4) is 0 Å². The van der Waals surface area contributed by atoms with Crippen LogP contribution in [0.1, 0.15) is 12.5 Å². The van der Waals surface area contributed by atoms with E-state index in [-0.39, 0.29) is 24.7 Å². The quantitative estimate of drug-likeness (QED) is 0.612. The highest BCUT2D eigenvalue weighted by atomic mass is 35.5. The van der Waals surface area contributed by atoms with Gasteiger partial charge in [0.1, 0.15) is 12.7 Å². The van der Waals surface area contributed by atoms with Gasteiger partial charge >= 0.3 is 0 Å². The first-order valence-corrected chi connectivity index (χ1v) is 6.18. The zero-order valence-corrected chi connectivity index (χ0v) is 11.1. The largest absolute Gasteiger partial charge is 0.392 e. The second kappa shape index (κ2) is 6.65. The van der Waals surface area contributed by atoms with E-state index in [2.05, 4.69) is 5.16 Å². The van der Waals surface area contributed by atoms with Crippen molar-refractivity contribution >= 4 is 23.6 Å². The summed E-state index contributed by atoms with van der Waals surface area (Å²) in [6.45, 7) is 2.49. The summed E-state index contributed by atoms with van der Waals surface area (Å²) < 4.78 is 10.6. The van der Waals surface area contributed by atoms with Gasteiger partial charge in [-0.25, -0.2) is 0 Å². The molecule has 0 amide bonds. The first-order chi connectivity index (χ1) is 9.19. The number of nitrogens with zero attached hydrogens (tertiary/aromatic N) is 1. The Labute approximate surface area is 116 Å².